The highest BCUT2D eigenvalue weighted by molar-refractivity contribution is 5.66. The molecule has 3 nitrogen and oxygen atoms in total. The lowest BCUT2D eigenvalue weighted by Gasteiger charge is -2.27. The molecule has 1 rings (SSSR count). The summed E-state index contributed by atoms with van der Waals surface area (Å²) >= 11 is 0. The summed E-state index contributed by atoms with van der Waals surface area (Å²) in [6, 6.07) is 6.49. The van der Waals surface area contributed by atoms with Gasteiger partial charge in [0.2, 0.25) is 0 Å². The number of hydrogen-bond donors (Lipinski definition) is 1. The van der Waals surface area contributed by atoms with Crippen molar-refractivity contribution < 1.29 is 14.6 Å². The van der Waals surface area contributed by atoms with Crippen LogP contribution in [0.15, 0.2) is 18.2 Å². The smallest absolute Gasteiger partial charge is 0.303 e. The molecule has 23 heavy (non-hydrogen) atoms. The Morgan fingerprint density at radius 2 is 1.65 bits per heavy atom. The number of rotatable bonds is 7. The topological polar surface area (TPSA) is 46.5 Å². The summed E-state index contributed by atoms with van der Waals surface area (Å²) in [5.41, 5.74) is 2.70. The molecule has 0 radical (unpaired) electrons. The van der Waals surface area contributed by atoms with Crippen molar-refractivity contribution in [1.82, 2.24) is 0 Å². The van der Waals surface area contributed by atoms with Gasteiger partial charge in [-0.3, -0.25) is 4.79 Å². The molecule has 0 aromatic heterocycles. The van der Waals surface area contributed by atoms with E-state index in [1.807, 2.05) is 0 Å². The van der Waals surface area contributed by atoms with Crippen LogP contribution in [0.3, 0.4) is 0 Å². The van der Waals surface area contributed by atoms with Crippen LogP contribution in [0.25, 0.3) is 0 Å². The van der Waals surface area contributed by atoms with Gasteiger partial charge in [0.05, 0.1) is 6.61 Å². The van der Waals surface area contributed by atoms with Gasteiger partial charge in [-0.15, -0.1) is 0 Å². The van der Waals surface area contributed by atoms with Gasteiger partial charge in [0.1, 0.15) is 5.75 Å². The molecule has 0 atom stereocenters. The van der Waals surface area contributed by atoms with Crippen molar-refractivity contribution in [3.63, 3.8) is 0 Å². The largest absolute Gasteiger partial charge is 0.493 e. The Hall–Kier alpha value is -1.51. The first-order valence-corrected chi connectivity index (χ1v) is 8.51. The summed E-state index contributed by atoms with van der Waals surface area (Å²) in [6.07, 6.45) is 2.73. The van der Waals surface area contributed by atoms with Gasteiger partial charge in [-0.25, -0.2) is 0 Å². The van der Waals surface area contributed by atoms with Crippen LogP contribution in [0, 0.1) is 0 Å². The monoisotopic (exact) mass is 320 g/mol. The van der Waals surface area contributed by atoms with Crippen molar-refractivity contribution in [1.29, 1.82) is 0 Å². The molecule has 0 aliphatic heterocycles. The third kappa shape index (κ3) is 6.64. The molecule has 1 N–H and O–H groups in total. The predicted octanol–water partition coefficient (Wildman–Crippen LogP) is 5.31. The van der Waals surface area contributed by atoms with Gasteiger partial charge >= 0.3 is 5.97 Å². The Bertz CT molecular complexity index is 519. The second-order valence-electron chi connectivity index (χ2n) is 8.26. The Kier molecular flexibility index (Phi) is 6.67. The standard InChI is InChI=1S/C20H32O3/c1-19(2,3)15-11-12-17(16(14-15)20(4,5)6)23-13-9-7-8-10-18(21)22/h11-12,14H,7-10,13H2,1-6H3,(H,21,22). The van der Waals surface area contributed by atoms with Crippen molar-refractivity contribution in [3.05, 3.63) is 29.3 Å². The summed E-state index contributed by atoms with van der Waals surface area (Å²) < 4.78 is 5.99. The molecule has 3 heteroatoms. The first-order chi connectivity index (χ1) is 10.5. The van der Waals surface area contributed by atoms with E-state index in [1.54, 1.807) is 0 Å². The van der Waals surface area contributed by atoms with Crippen LogP contribution in [-0.4, -0.2) is 17.7 Å². The van der Waals surface area contributed by atoms with Gasteiger partial charge in [-0.1, -0.05) is 53.7 Å². The molecule has 0 saturated heterocycles. The zero-order valence-corrected chi connectivity index (χ0v) is 15.5. The Morgan fingerprint density at radius 1 is 1.00 bits per heavy atom. The molecule has 0 saturated carbocycles. The van der Waals surface area contributed by atoms with E-state index >= 15 is 0 Å². The fourth-order valence-electron chi connectivity index (χ4n) is 2.45. The van der Waals surface area contributed by atoms with Crippen LogP contribution < -0.4 is 4.74 Å². The summed E-state index contributed by atoms with van der Waals surface area (Å²) in [5, 5.41) is 8.63. The molecule has 0 bridgehead atoms. The number of carbonyl (C=O) groups is 1. The molecule has 1 aromatic carbocycles. The van der Waals surface area contributed by atoms with E-state index < -0.39 is 5.97 Å². The van der Waals surface area contributed by atoms with E-state index in [2.05, 4.69) is 59.7 Å². The lowest BCUT2D eigenvalue weighted by molar-refractivity contribution is -0.137. The number of unbranched alkanes of at least 4 members (excludes halogenated alkanes) is 2. The van der Waals surface area contributed by atoms with E-state index in [-0.39, 0.29) is 17.3 Å². The molecule has 0 heterocycles. The Labute approximate surface area is 141 Å². The molecule has 0 aliphatic carbocycles. The number of benzene rings is 1. The average molecular weight is 320 g/mol. The molecule has 130 valence electrons. The van der Waals surface area contributed by atoms with Crippen LogP contribution in [0.2, 0.25) is 0 Å². The minimum Gasteiger partial charge on any atom is -0.493 e. The Morgan fingerprint density at radius 3 is 2.17 bits per heavy atom. The molecular weight excluding hydrogens is 288 g/mol. The van der Waals surface area contributed by atoms with E-state index in [0.29, 0.717) is 13.0 Å². The quantitative estimate of drug-likeness (QED) is 0.693. The third-order valence-corrected chi connectivity index (χ3v) is 3.95. The minimum atomic E-state index is -0.723. The van der Waals surface area contributed by atoms with Gasteiger partial charge < -0.3 is 9.84 Å². The van der Waals surface area contributed by atoms with Crippen LogP contribution in [0.5, 0.6) is 5.75 Å². The molecular formula is C20H32O3. The lowest BCUT2D eigenvalue weighted by atomic mass is 9.80. The number of carboxylic acid groups (broad SMARTS) is 1. The van der Waals surface area contributed by atoms with Gasteiger partial charge in [-0.2, -0.15) is 0 Å². The second-order valence-corrected chi connectivity index (χ2v) is 8.26. The van der Waals surface area contributed by atoms with Gasteiger partial charge in [0.15, 0.2) is 0 Å². The first kappa shape index (κ1) is 19.5. The average Bonchev–Trinajstić information content (AvgIpc) is 2.40. The van der Waals surface area contributed by atoms with Crippen LogP contribution in [0.1, 0.15) is 78.4 Å². The molecule has 1 aromatic rings. The first-order valence-electron chi connectivity index (χ1n) is 8.51. The van der Waals surface area contributed by atoms with Crippen molar-refractivity contribution in [2.24, 2.45) is 0 Å². The number of aliphatic carboxylic acids is 1. The maximum atomic E-state index is 10.5. The zero-order valence-electron chi connectivity index (χ0n) is 15.5. The maximum Gasteiger partial charge on any atom is 0.303 e. The SMILES string of the molecule is CC(C)(C)c1ccc(OCCCCCC(=O)O)c(C(C)(C)C)c1. The summed E-state index contributed by atoms with van der Waals surface area (Å²) in [6.45, 7) is 13.9. The Balaban J connectivity index is 2.73. The van der Waals surface area contributed by atoms with Crippen LogP contribution in [0.4, 0.5) is 0 Å². The zero-order chi connectivity index (χ0) is 17.7. The summed E-state index contributed by atoms with van der Waals surface area (Å²) in [5.74, 6) is 0.224. The normalized spacial score (nSPS) is 12.3. The fraction of sp³-hybridized carbons (Fsp3) is 0.650. The molecule has 0 amide bonds. The van der Waals surface area contributed by atoms with E-state index in [0.717, 1.165) is 18.6 Å². The van der Waals surface area contributed by atoms with E-state index in [4.69, 9.17) is 9.84 Å². The second kappa shape index (κ2) is 7.85. The van der Waals surface area contributed by atoms with Gasteiger partial charge in [-0.05, 0) is 47.3 Å². The van der Waals surface area contributed by atoms with Crippen LogP contribution in [-0.2, 0) is 15.6 Å². The number of ether oxygens (including phenoxy) is 1. The highest BCUT2D eigenvalue weighted by Crippen LogP contribution is 2.35. The number of carboxylic acids is 1. The van der Waals surface area contributed by atoms with Crippen molar-refractivity contribution in [3.8, 4) is 5.75 Å². The molecule has 0 aliphatic rings. The van der Waals surface area contributed by atoms with E-state index in [1.165, 1.54) is 11.1 Å². The summed E-state index contributed by atoms with van der Waals surface area (Å²) in [4.78, 5) is 10.5. The van der Waals surface area contributed by atoms with Crippen molar-refractivity contribution in [2.45, 2.75) is 78.1 Å². The van der Waals surface area contributed by atoms with Gasteiger partial charge in [0, 0.05) is 6.42 Å². The van der Waals surface area contributed by atoms with E-state index in [9.17, 15) is 4.79 Å². The van der Waals surface area contributed by atoms with Crippen molar-refractivity contribution in [2.75, 3.05) is 6.61 Å². The number of hydrogen-bond acceptors (Lipinski definition) is 2. The fourth-order valence-corrected chi connectivity index (χ4v) is 2.45. The molecule has 0 unspecified atom stereocenters. The van der Waals surface area contributed by atoms with Crippen LogP contribution >= 0.6 is 0 Å². The third-order valence-electron chi connectivity index (χ3n) is 3.95. The summed E-state index contributed by atoms with van der Waals surface area (Å²) in [7, 11) is 0. The highest BCUT2D eigenvalue weighted by Gasteiger charge is 2.22. The molecule has 0 spiro atoms. The van der Waals surface area contributed by atoms with Gasteiger partial charge in [0.25, 0.3) is 0 Å². The minimum absolute atomic E-state index is 0.0277. The predicted molar refractivity (Wildman–Crippen MR) is 95.4 cm³/mol. The molecule has 0 fully saturated rings. The lowest BCUT2D eigenvalue weighted by Crippen LogP contribution is -2.17. The van der Waals surface area contributed by atoms with Crippen molar-refractivity contribution >= 4 is 5.97 Å². The maximum absolute atomic E-state index is 10.5. The highest BCUT2D eigenvalue weighted by atomic mass is 16.5.